The second kappa shape index (κ2) is 8.43. The molecule has 4 nitrogen and oxygen atoms in total. The second-order valence-electron chi connectivity index (χ2n) is 7.42. The summed E-state index contributed by atoms with van der Waals surface area (Å²) in [5, 5.41) is 9.17. The van der Waals surface area contributed by atoms with Crippen LogP contribution in [0.25, 0.3) is 0 Å². The number of benzene rings is 2. The van der Waals surface area contributed by atoms with Gasteiger partial charge in [0.25, 0.3) is 0 Å². The zero-order chi connectivity index (χ0) is 20.3. The third-order valence-corrected chi connectivity index (χ3v) is 6.26. The van der Waals surface area contributed by atoms with E-state index in [1.54, 1.807) is 12.1 Å². The van der Waals surface area contributed by atoms with Crippen LogP contribution in [0, 0.1) is 5.82 Å². The van der Waals surface area contributed by atoms with E-state index < -0.39 is 11.4 Å². The van der Waals surface area contributed by atoms with E-state index in [1.807, 2.05) is 36.1 Å². The van der Waals surface area contributed by atoms with Crippen LogP contribution >= 0.6 is 15.9 Å². The van der Waals surface area contributed by atoms with Gasteiger partial charge in [-0.05, 0) is 55.2 Å². The summed E-state index contributed by atoms with van der Waals surface area (Å²) in [5.74, 6) is -1.24. The lowest BCUT2D eigenvalue weighted by atomic mass is 9.69. The normalized spacial score (nSPS) is 20.8. The Kier molecular flexibility index (Phi) is 6.18. The Morgan fingerprint density at radius 2 is 1.86 bits per heavy atom. The molecule has 1 N–H and O–H groups in total. The van der Waals surface area contributed by atoms with E-state index in [0.29, 0.717) is 19.4 Å². The number of amides is 1. The number of hydrogen-bond acceptors (Lipinski definition) is 2. The van der Waals surface area contributed by atoms with Crippen molar-refractivity contribution in [2.75, 3.05) is 6.54 Å². The van der Waals surface area contributed by atoms with E-state index in [1.165, 1.54) is 12.1 Å². The highest BCUT2D eigenvalue weighted by atomic mass is 79.9. The summed E-state index contributed by atoms with van der Waals surface area (Å²) in [7, 11) is 0. The number of carbonyl (C=O) groups is 2. The van der Waals surface area contributed by atoms with E-state index in [4.69, 9.17) is 5.11 Å². The fourth-order valence-electron chi connectivity index (χ4n) is 4.02. The zero-order valence-corrected chi connectivity index (χ0v) is 17.3. The third-order valence-electron chi connectivity index (χ3n) is 5.74. The first-order chi connectivity index (χ1) is 13.3. The van der Waals surface area contributed by atoms with Crippen LogP contribution in [-0.2, 0) is 15.0 Å². The molecule has 0 saturated carbocycles. The molecule has 2 aromatic rings. The van der Waals surface area contributed by atoms with Gasteiger partial charge < -0.3 is 10.0 Å². The average molecular weight is 448 g/mol. The number of nitrogens with zero attached hydrogens (tertiary/aromatic N) is 1. The maximum absolute atomic E-state index is 13.4. The molecule has 1 amide bonds. The fraction of sp³-hybridized carbons (Fsp3) is 0.364. The van der Waals surface area contributed by atoms with Crippen molar-refractivity contribution in [2.24, 2.45) is 0 Å². The molecule has 0 bridgehead atoms. The molecule has 28 heavy (non-hydrogen) atoms. The predicted molar refractivity (Wildman–Crippen MR) is 108 cm³/mol. The molecule has 1 aliphatic rings. The number of hydrogen-bond donors (Lipinski definition) is 1. The molecule has 148 valence electrons. The summed E-state index contributed by atoms with van der Waals surface area (Å²) in [6.45, 7) is 2.54. The highest BCUT2D eigenvalue weighted by Gasteiger charge is 2.41. The summed E-state index contributed by atoms with van der Waals surface area (Å²) >= 11 is 3.42. The number of rotatable bonds is 6. The number of piperidine rings is 1. The van der Waals surface area contributed by atoms with Crippen LogP contribution in [0.2, 0.25) is 0 Å². The number of likely N-dealkylation sites (tertiary alicyclic amines) is 1. The Bertz CT molecular complexity index is 853. The summed E-state index contributed by atoms with van der Waals surface area (Å²) in [6, 6.07) is 13.9. The Hall–Kier alpha value is -2.21. The number of carbonyl (C=O) groups excluding carboxylic acids is 1. The van der Waals surface area contributed by atoms with Gasteiger partial charge in [0.1, 0.15) is 5.82 Å². The van der Waals surface area contributed by atoms with Crippen molar-refractivity contribution in [3.8, 4) is 0 Å². The minimum absolute atomic E-state index is 0.00335. The Morgan fingerprint density at radius 1 is 1.21 bits per heavy atom. The molecule has 3 rings (SSSR count). The van der Waals surface area contributed by atoms with Gasteiger partial charge in [0, 0.05) is 29.3 Å². The number of carboxylic acids is 1. The lowest BCUT2D eigenvalue weighted by Crippen LogP contribution is -2.47. The van der Waals surface area contributed by atoms with Crippen molar-refractivity contribution in [2.45, 2.75) is 44.1 Å². The molecule has 6 heteroatoms. The van der Waals surface area contributed by atoms with E-state index in [2.05, 4.69) is 15.9 Å². The van der Waals surface area contributed by atoms with Gasteiger partial charge in [-0.3, -0.25) is 9.59 Å². The molecule has 1 fully saturated rings. The molecule has 1 heterocycles. The third kappa shape index (κ3) is 4.43. The molecule has 0 radical (unpaired) electrons. The van der Waals surface area contributed by atoms with Gasteiger partial charge >= 0.3 is 5.97 Å². The topological polar surface area (TPSA) is 57.6 Å². The molecule has 1 aliphatic heterocycles. The fourth-order valence-corrected chi connectivity index (χ4v) is 4.29. The Balaban J connectivity index is 1.83. The van der Waals surface area contributed by atoms with Crippen LogP contribution in [-0.4, -0.2) is 28.4 Å². The first-order valence-corrected chi connectivity index (χ1v) is 10.1. The van der Waals surface area contributed by atoms with Gasteiger partial charge in [0.2, 0.25) is 5.91 Å². The molecular weight excluding hydrogens is 425 g/mol. The van der Waals surface area contributed by atoms with Crippen LogP contribution in [0.5, 0.6) is 0 Å². The minimum atomic E-state index is -0.889. The molecule has 1 unspecified atom stereocenters. The van der Waals surface area contributed by atoms with Crippen molar-refractivity contribution in [3.05, 3.63) is 69.9 Å². The summed E-state index contributed by atoms with van der Waals surface area (Å²) < 4.78 is 14.4. The number of carboxylic acid groups (broad SMARTS) is 1. The Labute approximate surface area is 172 Å². The van der Waals surface area contributed by atoms with Crippen LogP contribution in [0.3, 0.4) is 0 Å². The van der Waals surface area contributed by atoms with Crippen LogP contribution in [0.15, 0.2) is 53.0 Å². The molecule has 0 spiro atoms. The van der Waals surface area contributed by atoms with E-state index in [9.17, 15) is 14.0 Å². The monoisotopic (exact) mass is 447 g/mol. The smallest absolute Gasteiger partial charge is 0.303 e. The van der Waals surface area contributed by atoms with Gasteiger partial charge in [-0.2, -0.15) is 0 Å². The number of halogens is 2. The van der Waals surface area contributed by atoms with Gasteiger partial charge in [-0.1, -0.05) is 40.2 Å². The summed E-state index contributed by atoms with van der Waals surface area (Å²) in [5.41, 5.74) is 1.31. The summed E-state index contributed by atoms with van der Waals surface area (Å²) in [6.07, 6.45) is 1.22. The van der Waals surface area contributed by atoms with Gasteiger partial charge in [-0.25, -0.2) is 4.39 Å². The molecule has 2 aromatic carbocycles. The second-order valence-corrected chi connectivity index (χ2v) is 8.34. The van der Waals surface area contributed by atoms with E-state index in [-0.39, 0.29) is 30.6 Å². The molecule has 1 saturated heterocycles. The number of aliphatic carboxylic acids is 1. The average Bonchev–Trinajstić information content (AvgIpc) is 2.67. The largest absolute Gasteiger partial charge is 0.481 e. The standard InChI is InChI=1S/C22H23BrFNO3/c1-15(16-2-6-18(23)7-3-16)25-13-12-22(14-20(25)26,11-10-21(27)28)17-4-8-19(24)9-5-17/h2-9,15H,10-14H2,1H3,(H,27,28)/t15-,22?/m0/s1. The van der Waals surface area contributed by atoms with Crippen LogP contribution in [0.1, 0.15) is 49.8 Å². The Morgan fingerprint density at radius 3 is 2.43 bits per heavy atom. The maximum Gasteiger partial charge on any atom is 0.303 e. The van der Waals surface area contributed by atoms with Crippen LogP contribution in [0.4, 0.5) is 4.39 Å². The van der Waals surface area contributed by atoms with Gasteiger partial charge in [-0.15, -0.1) is 0 Å². The highest BCUT2D eigenvalue weighted by Crippen LogP contribution is 2.42. The molecular formula is C22H23BrFNO3. The van der Waals surface area contributed by atoms with Crippen molar-refractivity contribution in [3.63, 3.8) is 0 Å². The highest BCUT2D eigenvalue weighted by molar-refractivity contribution is 9.10. The molecule has 2 atom stereocenters. The first kappa shape index (κ1) is 20.5. The van der Waals surface area contributed by atoms with E-state index in [0.717, 1.165) is 15.6 Å². The lowest BCUT2D eigenvalue weighted by Gasteiger charge is -2.44. The quantitative estimate of drug-likeness (QED) is 0.671. The SMILES string of the molecule is C[C@@H](c1ccc(Br)cc1)N1CCC(CCC(=O)O)(c2ccc(F)cc2)CC1=O. The maximum atomic E-state index is 13.4. The molecule has 0 aliphatic carbocycles. The van der Waals surface area contributed by atoms with Crippen molar-refractivity contribution in [1.82, 2.24) is 4.90 Å². The predicted octanol–water partition coefficient (Wildman–Crippen LogP) is 5.07. The molecule has 0 aromatic heterocycles. The van der Waals surface area contributed by atoms with Crippen molar-refractivity contribution < 1.29 is 19.1 Å². The van der Waals surface area contributed by atoms with Gasteiger partial charge in [0.15, 0.2) is 0 Å². The van der Waals surface area contributed by atoms with Crippen molar-refractivity contribution >= 4 is 27.8 Å². The first-order valence-electron chi connectivity index (χ1n) is 9.33. The van der Waals surface area contributed by atoms with Crippen molar-refractivity contribution in [1.29, 1.82) is 0 Å². The zero-order valence-electron chi connectivity index (χ0n) is 15.7. The van der Waals surface area contributed by atoms with Gasteiger partial charge in [0.05, 0.1) is 6.04 Å². The summed E-state index contributed by atoms with van der Waals surface area (Å²) in [4.78, 5) is 26.1. The lowest BCUT2D eigenvalue weighted by molar-refractivity contribution is -0.141. The van der Waals surface area contributed by atoms with E-state index >= 15 is 0 Å². The van der Waals surface area contributed by atoms with Crippen LogP contribution < -0.4 is 0 Å². The minimum Gasteiger partial charge on any atom is -0.481 e.